The van der Waals surface area contributed by atoms with Gasteiger partial charge in [-0.1, -0.05) is 53.9 Å². The number of benzene rings is 2. The van der Waals surface area contributed by atoms with Crippen molar-refractivity contribution in [2.45, 2.75) is 37.6 Å². The summed E-state index contributed by atoms with van der Waals surface area (Å²) in [4.78, 5) is 16.8. The van der Waals surface area contributed by atoms with E-state index >= 15 is 0 Å². The number of sulfonamides is 1. The van der Waals surface area contributed by atoms with Gasteiger partial charge in [-0.3, -0.25) is 4.79 Å². The molecule has 2 heterocycles. The van der Waals surface area contributed by atoms with Gasteiger partial charge in [0.2, 0.25) is 15.9 Å². The fourth-order valence-electron chi connectivity index (χ4n) is 4.28. The number of hydrogen-bond acceptors (Lipinski definition) is 4. The van der Waals surface area contributed by atoms with Gasteiger partial charge in [-0.15, -0.1) is 11.3 Å². The number of fused-ring (bicyclic) bond motifs is 1. The highest BCUT2D eigenvalue weighted by Gasteiger charge is 2.36. The molecule has 0 bridgehead atoms. The quantitative estimate of drug-likeness (QED) is 0.375. The maximum Gasteiger partial charge on any atom is 0.243 e. The Morgan fingerprint density at radius 3 is 2.53 bits per heavy atom. The second-order valence-corrected chi connectivity index (χ2v) is 12.1. The van der Waals surface area contributed by atoms with Crippen molar-refractivity contribution >= 4 is 50.5 Å². The van der Waals surface area contributed by atoms with Gasteiger partial charge in [0.15, 0.2) is 0 Å². The van der Waals surface area contributed by atoms with E-state index in [1.165, 1.54) is 9.18 Å². The van der Waals surface area contributed by atoms with E-state index in [4.69, 9.17) is 23.2 Å². The van der Waals surface area contributed by atoms with Gasteiger partial charge in [-0.2, -0.15) is 4.31 Å². The monoisotopic (exact) mass is 536 g/mol. The van der Waals surface area contributed by atoms with Gasteiger partial charge in [0.25, 0.3) is 0 Å². The summed E-state index contributed by atoms with van der Waals surface area (Å²) in [7, 11) is -3.81. The predicted molar refractivity (Wildman–Crippen MR) is 138 cm³/mol. The van der Waals surface area contributed by atoms with Gasteiger partial charge in [0.05, 0.1) is 17.5 Å². The van der Waals surface area contributed by atoms with Gasteiger partial charge < -0.3 is 4.90 Å². The fraction of sp³-hybridized carbons (Fsp3) is 0.320. The van der Waals surface area contributed by atoms with Gasteiger partial charge in [-0.25, -0.2) is 8.42 Å². The summed E-state index contributed by atoms with van der Waals surface area (Å²) in [5.41, 5.74) is 2.78. The Balaban J connectivity index is 1.67. The second-order valence-electron chi connectivity index (χ2n) is 8.36. The molecule has 2 aromatic carbocycles. The van der Waals surface area contributed by atoms with Gasteiger partial charge >= 0.3 is 0 Å². The molecule has 1 aliphatic rings. The molecule has 9 heteroatoms. The third-order valence-corrected chi connectivity index (χ3v) is 9.41. The molecule has 180 valence electrons. The molecule has 1 aliphatic heterocycles. The van der Waals surface area contributed by atoms with E-state index in [1.807, 2.05) is 31.4 Å². The van der Waals surface area contributed by atoms with Crippen LogP contribution in [-0.4, -0.2) is 43.2 Å². The highest BCUT2D eigenvalue weighted by Crippen LogP contribution is 2.41. The van der Waals surface area contributed by atoms with Crippen molar-refractivity contribution in [1.82, 2.24) is 9.21 Å². The third kappa shape index (κ3) is 5.04. The predicted octanol–water partition coefficient (Wildman–Crippen LogP) is 5.94. The van der Waals surface area contributed by atoms with Crippen LogP contribution in [0.2, 0.25) is 10.0 Å². The normalized spacial score (nSPS) is 16.0. The van der Waals surface area contributed by atoms with E-state index in [2.05, 4.69) is 0 Å². The van der Waals surface area contributed by atoms with Crippen molar-refractivity contribution < 1.29 is 13.2 Å². The summed E-state index contributed by atoms with van der Waals surface area (Å²) in [6, 6.07) is 13.6. The van der Waals surface area contributed by atoms with Crippen LogP contribution in [0, 0.1) is 6.92 Å². The van der Waals surface area contributed by atoms with Crippen molar-refractivity contribution in [3.8, 4) is 0 Å². The zero-order chi connectivity index (χ0) is 24.5. The van der Waals surface area contributed by atoms with Crippen LogP contribution in [0.4, 0.5) is 0 Å². The molecule has 34 heavy (non-hydrogen) atoms. The highest BCUT2D eigenvalue weighted by molar-refractivity contribution is 7.89. The molecule has 5 nitrogen and oxygen atoms in total. The maximum atomic E-state index is 13.7. The molecule has 1 atom stereocenters. The van der Waals surface area contributed by atoms with Crippen molar-refractivity contribution in [2.24, 2.45) is 0 Å². The van der Waals surface area contributed by atoms with Crippen molar-refractivity contribution in [1.29, 1.82) is 0 Å². The first kappa shape index (κ1) is 25.2. The Kier molecular flexibility index (Phi) is 7.69. The summed E-state index contributed by atoms with van der Waals surface area (Å²) in [5.74, 6) is -0.253. The van der Waals surface area contributed by atoms with E-state index in [-0.39, 0.29) is 23.9 Å². The lowest BCUT2D eigenvalue weighted by Crippen LogP contribution is -2.47. The molecule has 3 aromatic rings. The first-order chi connectivity index (χ1) is 16.2. The summed E-state index contributed by atoms with van der Waals surface area (Å²) in [6.45, 7) is 4.31. The van der Waals surface area contributed by atoms with Crippen LogP contribution in [0.15, 0.2) is 58.8 Å². The number of nitrogens with zero attached hydrogens (tertiary/aromatic N) is 2. The Morgan fingerprint density at radius 1 is 1.12 bits per heavy atom. The molecule has 1 amide bonds. The number of hydrogen-bond donors (Lipinski definition) is 0. The van der Waals surface area contributed by atoms with E-state index in [0.717, 1.165) is 23.1 Å². The van der Waals surface area contributed by atoms with Crippen LogP contribution in [0.1, 0.15) is 41.0 Å². The molecular formula is C25H26Cl2N2O3S2. The fourth-order valence-corrected chi connectivity index (χ4v) is 7.18. The molecule has 0 N–H and O–H groups in total. The Morgan fingerprint density at radius 2 is 1.85 bits per heavy atom. The van der Waals surface area contributed by atoms with Crippen LogP contribution < -0.4 is 0 Å². The summed E-state index contributed by atoms with van der Waals surface area (Å²) < 4.78 is 28.0. The van der Waals surface area contributed by atoms with Crippen molar-refractivity contribution in [3.05, 3.63) is 85.5 Å². The molecule has 0 saturated heterocycles. The SMILES string of the molecule is CCCN(CC(=O)N1CCc2sccc2C1c1ccc(Cl)cc1Cl)S(=O)(=O)c1ccc(C)cc1. The number of amides is 1. The smallest absolute Gasteiger partial charge is 0.243 e. The van der Waals surface area contributed by atoms with Crippen LogP contribution >= 0.6 is 34.5 Å². The lowest BCUT2D eigenvalue weighted by molar-refractivity contribution is -0.133. The van der Waals surface area contributed by atoms with E-state index < -0.39 is 16.1 Å². The molecule has 0 radical (unpaired) electrons. The van der Waals surface area contributed by atoms with Crippen LogP contribution in [0.3, 0.4) is 0 Å². The minimum atomic E-state index is -3.81. The van der Waals surface area contributed by atoms with Gasteiger partial charge in [0, 0.05) is 28.0 Å². The van der Waals surface area contributed by atoms with Crippen molar-refractivity contribution in [3.63, 3.8) is 0 Å². The lowest BCUT2D eigenvalue weighted by Gasteiger charge is -2.37. The number of carbonyl (C=O) groups excluding carboxylic acids is 1. The Labute approximate surface area is 215 Å². The standard InChI is InChI=1S/C25H26Cl2N2O3S2/c1-3-12-28(34(31,32)19-7-4-17(2)5-8-19)16-24(30)29-13-10-23-21(11-14-33-23)25(29)20-9-6-18(26)15-22(20)27/h4-9,11,14-15,25H,3,10,12-13,16H2,1-2H3. The van der Waals surface area contributed by atoms with Crippen LogP contribution in [-0.2, 0) is 21.2 Å². The largest absolute Gasteiger partial charge is 0.330 e. The van der Waals surface area contributed by atoms with E-state index in [0.29, 0.717) is 23.0 Å². The average molecular weight is 538 g/mol. The summed E-state index contributed by atoms with van der Waals surface area (Å²) in [6.07, 6.45) is 1.32. The number of halogens is 2. The lowest BCUT2D eigenvalue weighted by atomic mass is 9.93. The molecule has 0 aliphatic carbocycles. The topological polar surface area (TPSA) is 57.7 Å². The molecule has 0 fully saturated rings. The summed E-state index contributed by atoms with van der Waals surface area (Å²) in [5, 5.41) is 3.01. The highest BCUT2D eigenvalue weighted by atomic mass is 35.5. The number of thiophene rings is 1. The first-order valence-corrected chi connectivity index (χ1v) is 14.2. The Bertz CT molecular complexity index is 1290. The summed E-state index contributed by atoms with van der Waals surface area (Å²) >= 11 is 14.3. The third-order valence-electron chi connectivity index (χ3n) is 5.99. The Hall–Kier alpha value is -1.90. The molecule has 1 aromatic heterocycles. The molecular weight excluding hydrogens is 511 g/mol. The zero-order valence-electron chi connectivity index (χ0n) is 19.0. The molecule has 4 rings (SSSR count). The number of rotatable bonds is 7. The van der Waals surface area contributed by atoms with Crippen molar-refractivity contribution in [2.75, 3.05) is 19.6 Å². The zero-order valence-corrected chi connectivity index (χ0v) is 22.1. The minimum Gasteiger partial charge on any atom is -0.330 e. The molecule has 1 unspecified atom stereocenters. The molecule has 0 spiro atoms. The molecule has 0 saturated carbocycles. The average Bonchev–Trinajstić information content (AvgIpc) is 3.28. The number of aryl methyl sites for hydroxylation is 1. The minimum absolute atomic E-state index is 0.190. The van der Waals surface area contributed by atoms with E-state index in [9.17, 15) is 13.2 Å². The van der Waals surface area contributed by atoms with Crippen LogP contribution in [0.5, 0.6) is 0 Å². The van der Waals surface area contributed by atoms with E-state index in [1.54, 1.807) is 52.6 Å². The first-order valence-electron chi connectivity index (χ1n) is 11.1. The number of carbonyl (C=O) groups is 1. The second kappa shape index (κ2) is 10.4. The van der Waals surface area contributed by atoms with Gasteiger partial charge in [0.1, 0.15) is 0 Å². The maximum absolute atomic E-state index is 13.7. The van der Waals surface area contributed by atoms with Crippen LogP contribution in [0.25, 0.3) is 0 Å². The van der Waals surface area contributed by atoms with Gasteiger partial charge in [-0.05, 0) is 66.6 Å².